The van der Waals surface area contributed by atoms with Crippen molar-refractivity contribution in [1.82, 2.24) is 5.32 Å². The zero-order chi connectivity index (χ0) is 12.0. The summed E-state index contributed by atoms with van der Waals surface area (Å²) in [5.74, 6) is 1.70. The van der Waals surface area contributed by atoms with Crippen molar-refractivity contribution in [3.8, 4) is 5.75 Å². The van der Waals surface area contributed by atoms with E-state index in [-0.39, 0.29) is 0 Å². The number of hydrogen-bond donors (Lipinski definition) is 1. The van der Waals surface area contributed by atoms with Crippen LogP contribution >= 0.6 is 0 Å². The fourth-order valence-corrected chi connectivity index (χ4v) is 3.62. The molecule has 1 fully saturated rings. The average Bonchev–Trinajstić information content (AvgIpc) is 2.33. The highest BCUT2D eigenvalue weighted by Crippen LogP contribution is 2.46. The van der Waals surface area contributed by atoms with Crippen LogP contribution < -0.4 is 10.1 Å². The Balaban J connectivity index is 2.14. The number of piperidine rings is 1. The third-order valence-corrected chi connectivity index (χ3v) is 5.03. The van der Waals surface area contributed by atoms with Gasteiger partial charge in [0.25, 0.3) is 0 Å². The highest BCUT2D eigenvalue weighted by Gasteiger charge is 2.45. The number of ether oxygens (including phenoxy) is 1. The second kappa shape index (κ2) is 3.74. The summed E-state index contributed by atoms with van der Waals surface area (Å²) in [7, 11) is 1.75. The van der Waals surface area contributed by atoms with E-state index in [0.29, 0.717) is 17.4 Å². The summed E-state index contributed by atoms with van der Waals surface area (Å²) in [6.45, 7) is 5.95. The molecule has 0 radical (unpaired) electrons. The van der Waals surface area contributed by atoms with Crippen LogP contribution in [-0.2, 0) is 11.8 Å². The first-order chi connectivity index (χ1) is 8.15. The van der Waals surface area contributed by atoms with Gasteiger partial charge < -0.3 is 10.1 Å². The van der Waals surface area contributed by atoms with Crippen molar-refractivity contribution < 1.29 is 4.74 Å². The summed E-state index contributed by atoms with van der Waals surface area (Å²) in [6, 6.07) is 7.24. The maximum atomic E-state index is 5.38. The van der Waals surface area contributed by atoms with Gasteiger partial charge in [0.05, 0.1) is 7.11 Å². The van der Waals surface area contributed by atoms with E-state index < -0.39 is 0 Å². The first-order valence-corrected chi connectivity index (χ1v) is 6.56. The summed E-state index contributed by atoms with van der Waals surface area (Å²) in [4.78, 5) is 0. The quantitative estimate of drug-likeness (QED) is 0.802. The first-order valence-electron chi connectivity index (χ1n) is 6.56. The molecular weight excluding hydrogens is 210 g/mol. The molecule has 0 aromatic heterocycles. The molecular formula is C15H21NO. The van der Waals surface area contributed by atoms with Crippen molar-refractivity contribution in [3.63, 3.8) is 0 Å². The van der Waals surface area contributed by atoms with E-state index in [9.17, 15) is 0 Å². The molecule has 2 heteroatoms. The lowest BCUT2D eigenvalue weighted by atomic mass is 9.59. The Kier molecular flexibility index (Phi) is 2.44. The third-order valence-electron chi connectivity index (χ3n) is 5.03. The van der Waals surface area contributed by atoms with E-state index in [0.717, 1.165) is 18.7 Å². The molecule has 1 saturated heterocycles. The number of nitrogens with one attached hydrogen (secondary N) is 1. The van der Waals surface area contributed by atoms with E-state index in [1.807, 2.05) is 0 Å². The predicted octanol–water partition coefficient (Wildman–Crippen LogP) is 2.51. The van der Waals surface area contributed by atoms with Gasteiger partial charge >= 0.3 is 0 Å². The average molecular weight is 231 g/mol. The monoisotopic (exact) mass is 231 g/mol. The van der Waals surface area contributed by atoms with Gasteiger partial charge in [-0.1, -0.05) is 19.9 Å². The lowest BCUT2D eigenvalue weighted by Crippen LogP contribution is -2.56. The van der Waals surface area contributed by atoms with Gasteiger partial charge in [-0.05, 0) is 54.0 Å². The van der Waals surface area contributed by atoms with Crippen molar-refractivity contribution in [3.05, 3.63) is 29.3 Å². The number of methoxy groups -OCH3 is 1. The number of benzene rings is 1. The van der Waals surface area contributed by atoms with E-state index in [4.69, 9.17) is 4.74 Å². The molecule has 1 N–H and O–H groups in total. The molecule has 0 spiro atoms. The SMILES string of the molecule is COc1ccc2c(c1)[C@@]1(C)CCN[C@@H](C2)[C@H]1C. The van der Waals surface area contributed by atoms with Crippen molar-refractivity contribution in [2.24, 2.45) is 5.92 Å². The highest BCUT2D eigenvalue weighted by atomic mass is 16.5. The molecule has 2 aliphatic rings. The standard InChI is InChI=1S/C15H21NO/c1-10-14-8-11-4-5-12(17-3)9-13(11)15(10,2)6-7-16-14/h4-5,9-10,14,16H,6-8H2,1-3H3/t10-,14+,15+/m1/s1. The van der Waals surface area contributed by atoms with E-state index in [1.165, 1.54) is 17.5 Å². The van der Waals surface area contributed by atoms with Crippen LogP contribution in [0.1, 0.15) is 31.4 Å². The molecule has 1 aliphatic carbocycles. The van der Waals surface area contributed by atoms with Gasteiger partial charge in [0.2, 0.25) is 0 Å². The van der Waals surface area contributed by atoms with Crippen molar-refractivity contribution in [2.45, 2.75) is 38.1 Å². The van der Waals surface area contributed by atoms with Gasteiger partial charge in [-0.3, -0.25) is 0 Å². The predicted molar refractivity (Wildman–Crippen MR) is 69.6 cm³/mol. The third kappa shape index (κ3) is 1.50. The van der Waals surface area contributed by atoms with Crippen LogP contribution in [0.3, 0.4) is 0 Å². The second-order valence-electron chi connectivity index (χ2n) is 5.74. The minimum absolute atomic E-state index is 0.318. The summed E-state index contributed by atoms with van der Waals surface area (Å²) >= 11 is 0. The van der Waals surface area contributed by atoms with Gasteiger partial charge in [-0.25, -0.2) is 0 Å². The van der Waals surface area contributed by atoms with Crippen LogP contribution in [0.15, 0.2) is 18.2 Å². The smallest absolute Gasteiger partial charge is 0.119 e. The molecule has 1 heterocycles. The maximum absolute atomic E-state index is 5.38. The molecule has 1 aliphatic heterocycles. The number of fused-ring (bicyclic) bond motifs is 4. The van der Waals surface area contributed by atoms with Crippen LogP contribution in [0.2, 0.25) is 0 Å². The molecule has 2 nitrogen and oxygen atoms in total. The number of rotatable bonds is 1. The zero-order valence-corrected chi connectivity index (χ0v) is 10.9. The Hall–Kier alpha value is -1.02. The molecule has 2 bridgehead atoms. The van der Waals surface area contributed by atoms with E-state index in [1.54, 1.807) is 7.11 Å². The Bertz CT molecular complexity index is 443. The fraction of sp³-hybridized carbons (Fsp3) is 0.600. The Morgan fingerprint density at radius 3 is 3.00 bits per heavy atom. The summed E-state index contributed by atoms with van der Waals surface area (Å²) < 4.78 is 5.38. The second-order valence-corrected chi connectivity index (χ2v) is 5.74. The molecule has 3 atom stereocenters. The van der Waals surface area contributed by atoms with Gasteiger partial charge in [-0.15, -0.1) is 0 Å². The minimum atomic E-state index is 0.318. The number of hydrogen-bond acceptors (Lipinski definition) is 2. The van der Waals surface area contributed by atoms with Crippen LogP contribution in [0.4, 0.5) is 0 Å². The Labute approximate surface area is 103 Å². The zero-order valence-electron chi connectivity index (χ0n) is 10.9. The van der Waals surface area contributed by atoms with Crippen molar-refractivity contribution in [2.75, 3.05) is 13.7 Å². The Morgan fingerprint density at radius 2 is 2.24 bits per heavy atom. The summed E-state index contributed by atoms with van der Waals surface area (Å²) in [5, 5.41) is 3.66. The van der Waals surface area contributed by atoms with Gasteiger partial charge in [0.1, 0.15) is 5.75 Å². The molecule has 0 amide bonds. The molecule has 0 unspecified atom stereocenters. The lowest BCUT2D eigenvalue weighted by Gasteiger charge is -2.50. The van der Waals surface area contributed by atoms with Crippen LogP contribution in [-0.4, -0.2) is 19.7 Å². The van der Waals surface area contributed by atoms with E-state index >= 15 is 0 Å². The normalized spacial score (nSPS) is 35.2. The van der Waals surface area contributed by atoms with Crippen LogP contribution in [0.5, 0.6) is 5.75 Å². The van der Waals surface area contributed by atoms with Crippen LogP contribution in [0.25, 0.3) is 0 Å². The molecule has 1 aromatic carbocycles. The highest BCUT2D eigenvalue weighted by molar-refractivity contribution is 5.44. The molecule has 0 saturated carbocycles. The van der Waals surface area contributed by atoms with E-state index in [2.05, 4.69) is 37.4 Å². The first kappa shape index (κ1) is 11.1. The molecule has 17 heavy (non-hydrogen) atoms. The minimum Gasteiger partial charge on any atom is -0.497 e. The van der Waals surface area contributed by atoms with Gasteiger partial charge in [-0.2, -0.15) is 0 Å². The molecule has 3 rings (SSSR count). The van der Waals surface area contributed by atoms with Gasteiger partial charge in [0.15, 0.2) is 0 Å². The lowest BCUT2D eigenvalue weighted by molar-refractivity contribution is 0.158. The summed E-state index contributed by atoms with van der Waals surface area (Å²) in [5.41, 5.74) is 3.34. The molecule has 1 aromatic rings. The fourth-order valence-electron chi connectivity index (χ4n) is 3.62. The molecule has 92 valence electrons. The van der Waals surface area contributed by atoms with Crippen LogP contribution in [0, 0.1) is 5.92 Å². The van der Waals surface area contributed by atoms with Crippen molar-refractivity contribution >= 4 is 0 Å². The summed E-state index contributed by atoms with van der Waals surface area (Å²) in [6.07, 6.45) is 2.39. The Morgan fingerprint density at radius 1 is 1.41 bits per heavy atom. The van der Waals surface area contributed by atoms with Gasteiger partial charge in [0, 0.05) is 6.04 Å². The largest absolute Gasteiger partial charge is 0.497 e. The maximum Gasteiger partial charge on any atom is 0.119 e. The van der Waals surface area contributed by atoms with Crippen molar-refractivity contribution in [1.29, 1.82) is 0 Å². The topological polar surface area (TPSA) is 21.3 Å².